The fourth-order valence-electron chi connectivity index (χ4n) is 3.07. The summed E-state index contributed by atoms with van der Waals surface area (Å²) in [6, 6.07) is 18.7. The van der Waals surface area contributed by atoms with E-state index in [4.69, 9.17) is 16.3 Å². The summed E-state index contributed by atoms with van der Waals surface area (Å²) in [5.41, 5.74) is 1.96. The number of rotatable bonds is 10. The predicted molar refractivity (Wildman–Crippen MR) is 127 cm³/mol. The van der Waals surface area contributed by atoms with Crippen molar-refractivity contribution in [3.63, 3.8) is 0 Å². The van der Waals surface area contributed by atoms with Gasteiger partial charge in [-0.15, -0.1) is 0 Å². The number of anilines is 1. The van der Waals surface area contributed by atoms with E-state index in [-0.39, 0.29) is 30.1 Å². The number of ether oxygens (including phenoxy) is 1. The van der Waals surface area contributed by atoms with Gasteiger partial charge >= 0.3 is 0 Å². The van der Waals surface area contributed by atoms with Gasteiger partial charge in [-0.2, -0.15) is 0 Å². The molecule has 0 saturated carbocycles. The second-order valence-electron chi connectivity index (χ2n) is 7.43. The molecular weight excluding hydrogens is 446 g/mol. The zero-order chi connectivity index (χ0) is 23.8. The molecule has 0 saturated heterocycles. The van der Waals surface area contributed by atoms with Crippen molar-refractivity contribution in [2.45, 2.75) is 19.6 Å². The minimum atomic E-state index is -0.944. The van der Waals surface area contributed by atoms with E-state index in [0.717, 1.165) is 11.1 Å². The van der Waals surface area contributed by atoms with Crippen LogP contribution in [0.2, 0.25) is 5.02 Å². The molecule has 1 amide bonds. The lowest BCUT2D eigenvalue weighted by atomic mass is 10.1. The van der Waals surface area contributed by atoms with Gasteiger partial charge in [0.25, 0.3) is 11.6 Å². The van der Waals surface area contributed by atoms with E-state index in [2.05, 4.69) is 10.6 Å². The Kier molecular flexibility index (Phi) is 8.23. The molecule has 1 atom stereocenters. The molecule has 0 aliphatic carbocycles. The number of carbonyl (C=O) groups excluding carboxylic acids is 1. The van der Waals surface area contributed by atoms with Gasteiger partial charge in [0.2, 0.25) is 0 Å². The van der Waals surface area contributed by atoms with Crippen LogP contribution in [0.3, 0.4) is 0 Å². The van der Waals surface area contributed by atoms with Gasteiger partial charge in [0, 0.05) is 29.7 Å². The molecular formula is C24H24ClN3O5. The summed E-state index contributed by atoms with van der Waals surface area (Å²) >= 11 is 6.13. The Bertz CT molecular complexity index is 1140. The summed E-state index contributed by atoms with van der Waals surface area (Å²) in [4.78, 5) is 23.4. The van der Waals surface area contributed by atoms with Gasteiger partial charge in [-0.05, 0) is 48.4 Å². The highest BCUT2D eigenvalue weighted by Gasteiger charge is 2.18. The minimum absolute atomic E-state index is 0.00517. The number of nitro groups is 1. The van der Waals surface area contributed by atoms with Gasteiger partial charge in [-0.1, -0.05) is 41.9 Å². The van der Waals surface area contributed by atoms with Crippen LogP contribution < -0.4 is 15.4 Å². The minimum Gasteiger partial charge on any atom is -0.491 e. The van der Waals surface area contributed by atoms with Crippen molar-refractivity contribution in [3.05, 3.63) is 98.6 Å². The average Bonchev–Trinajstić information content (AvgIpc) is 2.80. The predicted octanol–water partition coefficient (Wildman–Crippen LogP) is 4.34. The highest BCUT2D eigenvalue weighted by molar-refractivity contribution is 6.31. The first kappa shape index (κ1) is 24.0. The van der Waals surface area contributed by atoms with Gasteiger partial charge in [-0.3, -0.25) is 14.9 Å². The summed E-state index contributed by atoms with van der Waals surface area (Å²) in [6.07, 6.45) is -0.944. The summed E-state index contributed by atoms with van der Waals surface area (Å²) in [6.45, 7) is 2.15. The first-order chi connectivity index (χ1) is 15.8. The van der Waals surface area contributed by atoms with Crippen LogP contribution in [-0.2, 0) is 6.54 Å². The van der Waals surface area contributed by atoms with Crippen molar-refractivity contribution in [2.75, 3.05) is 18.5 Å². The number of aliphatic hydroxyl groups is 1. The molecule has 3 N–H and O–H groups in total. The zero-order valence-electron chi connectivity index (χ0n) is 18.0. The fourth-order valence-corrected chi connectivity index (χ4v) is 3.28. The van der Waals surface area contributed by atoms with E-state index in [1.165, 1.54) is 18.2 Å². The van der Waals surface area contributed by atoms with E-state index < -0.39 is 16.9 Å². The van der Waals surface area contributed by atoms with Crippen molar-refractivity contribution < 1.29 is 19.6 Å². The summed E-state index contributed by atoms with van der Waals surface area (Å²) < 4.78 is 5.52. The largest absolute Gasteiger partial charge is 0.491 e. The highest BCUT2D eigenvalue weighted by Crippen LogP contribution is 2.27. The van der Waals surface area contributed by atoms with Crippen molar-refractivity contribution >= 4 is 28.9 Å². The lowest BCUT2D eigenvalue weighted by Gasteiger charge is -2.14. The van der Waals surface area contributed by atoms with E-state index in [9.17, 15) is 20.0 Å². The SMILES string of the molecule is Cc1cccc(OCC(O)CNC(=O)c2ccc(NCc3ccccc3Cl)c([N+](=O)[O-])c2)c1. The number of carbonyl (C=O) groups is 1. The number of benzene rings is 3. The first-order valence-electron chi connectivity index (χ1n) is 10.2. The van der Waals surface area contributed by atoms with Crippen LogP contribution in [0, 0.1) is 17.0 Å². The van der Waals surface area contributed by atoms with Crippen LogP contribution in [-0.4, -0.2) is 35.2 Å². The van der Waals surface area contributed by atoms with Crippen molar-refractivity contribution in [1.82, 2.24) is 5.32 Å². The Balaban J connectivity index is 1.57. The van der Waals surface area contributed by atoms with E-state index in [1.807, 2.05) is 37.3 Å². The third-order valence-corrected chi connectivity index (χ3v) is 5.18. The number of aryl methyl sites for hydroxylation is 1. The maximum absolute atomic E-state index is 12.5. The third-order valence-electron chi connectivity index (χ3n) is 4.81. The van der Waals surface area contributed by atoms with Crippen LogP contribution in [0.1, 0.15) is 21.5 Å². The Hall–Kier alpha value is -3.62. The van der Waals surface area contributed by atoms with Crippen LogP contribution in [0.25, 0.3) is 0 Å². The molecule has 9 heteroatoms. The molecule has 0 bridgehead atoms. The zero-order valence-corrected chi connectivity index (χ0v) is 18.7. The summed E-state index contributed by atoms with van der Waals surface area (Å²) in [5, 5.41) is 27.7. The molecule has 1 unspecified atom stereocenters. The molecule has 0 spiro atoms. The molecule has 8 nitrogen and oxygen atoms in total. The van der Waals surface area contributed by atoms with E-state index in [0.29, 0.717) is 17.3 Å². The molecule has 0 radical (unpaired) electrons. The van der Waals surface area contributed by atoms with Gasteiger partial charge < -0.3 is 20.5 Å². The summed E-state index contributed by atoms with van der Waals surface area (Å²) in [5.74, 6) is 0.0845. The van der Waals surface area contributed by atoms with Gasteiger partial charge in [0.1, 0.15) is 24.1 Å². The molecule has 0 aliphatic rings. The number of amides is 1. The molecule has 33 heavy (non-hydrogen) atoms. The van der Waals surface area contributed by atoms with Gasteiger partial charge in [-0.25, -0.2) is 0 Å². The number of halogens is 1. The standard InChI is InChI=1S/C24H24ClN3O5/c1-16-5-4-7-20(11-16)33-15-19(29)14-27-24(30)17-9-10-22(23(12-17)28(31)32)26-13-18-6-2-3-8-21(18)25/h2-12,19,26,29H,13-15H2,1H3,(H,27,30). The van der Waals surface area contributed by atoms with Crippen LogP contribution in [0.5, 0.6) is 5.75 Å². The maximum Gasteiger partial charge on any atom is 0.293 e. The fraction of sp³-hybridized carbons (Fsp3) is 0.208. The monoisotopic (exact) mass is 469 g/mol. The normalized spacial score (nSPS) is 11.5. The third kappa shape index (κ3) is 6.93. The van der Waals surface area contributed by atoms with Gasteiger partial charge in [0.05, 0.1) is 4.92 Å². The average molecular weight is 470 g/mol. The topological polar surface area (TPSA) is 114 Å². The highest BCUT2D eigenvalue weighted by atomic mass is 35.5. The number of hydrogen-bond donors (Lipinski definition) is 3. The number of aliphatic hydroxyl groups excluding tert-OH is 1. The quantitative estimate of drug-likeness (QED) is 0.300. The Morgan fingerprint density at radius 3 is 2.67 bits per heavy atom. The molecule has 172 valence electrons. The second-order valence-corrected chi connectivity index (χ2v) is 7.83. The van der Waals surface area contributed by atoms with Gasteiger partial charge in [0.15, 0.2) is 0 Å². The van der Waals surface area contributed by atoms with Crippen molar-refractivity contribution in [3.8, 4) is 5.75 Å². The number of nitro benzene ring substituents is 1. The number of nitrogens with zero attached hydrogens (tertiary/aromatic N) is 1. The molecule has 3 aromatic rings. The van der Waals surface area contributed by atoms with Crippen LogP contribution in [0.15, 0.2) is 66.7 Å². The lowest BCUT2D eigenvalue weighted by Crippen LogP contribution is -2.35. The number of hydrogen-bond acceptors (Lipinski definition) is 6. The molecule has 0 aliphatic heterocycles. The smallest absolute Gasteiger partial charge is 0.293 e. The van der Waals surface area contributed by atoms with Crippen LogP contribution in [0.4, 0.5) is 11.4 Å². The van der Waals surface area contributed by atoms with E-state index in [1.54, 1.807) is 18.2 Å². The molecule has 0 fully saturated rings. The van der Waals surface area contributed by atoms with E-state index >= 15 is 0 Å². The lowest BCUT2D eigenvalue weighted by molar-refractivity contribution is -0.384. The van der Waals surface area contributed by atoms with Crippen molar-refractivity contribution in [1.29, 1.82) is 0 Å². The molecule has 0 aromatic heterocycles. The second kappa shape index (κ2) is 11.3. The molecule has 3 rings (SSSR count). The van der Waals surface area contributed by atoms with Crippen LogP contribution >= 0.6 is 11.6 Å². The van der Waals surface area contributed by atoms with Crippen molar-refractivity contribution in [2.24, 2.45) is 0 Å². The Labute approximate surface area is 196 Å². The Morgan fingerprint density at radius 1 is 1.15 bits per heavy atom. The number of nitrogens with one attached hydrogen (secondary N) is 2. The summed E-state index contributed by atoms with van der Waals surface area (Å²) in [7, 11) is 0. The molecule has 3 aromatic carbocycles. The molecule has 0 heterocycles. The first-order valence-corrected chi connectivity index (χ1v) is 10.6. The maximum atomic E-state index is 12.5. The Morgan fingerprint density at radius 2 is 1.94 bits per heavy atom.